The molecule has 1 aliphatic heterocycles. The molecule has 1 heterocycles. The number of methoxy groups -OCH3 is 2. The number of carbonyl (C=O) groups excluding carboxylic acids is 1. The maximum atomic E-state index is 12.3. The largest absolute Gasteiger partial charge is 0.444 e. The molecule has 1 fully saturated rings. The van der Waals surface area contributed by atoms with Gasteiger partial charge in [0.15, 0.2) is 0 Å². The molecule has 7 heteroatoms. The lowest BCUT2D eigenvalue weighted by Gasteiger charge is -2.38. The molecule has 3 rings (SSSR count). The third-order valence-corrected chi connectivity index (χ3v) is 4.52. The first-order valence-corrected chi connectivity index (χ1v) is 8.43. The first-order valence-electron chi connectivity index (χ1n) is 8.43. The van der Waals surface area contributed by atoms with Crippen LogP contribution in [0.4, 0.5) is 4.79 Å². The van der Waals surface area contributed by atoms with Crippen molar-refractivity contribution in [2.45, 2.75) is 50.0 Å². The number of ether oxygens (including phenoxy) is 4. The van der Waals surface area contributed by atoms with Crippen molar-refractivity contribution in [1.29, 1.82) is 0 Å². The number of rotatable bonds is 4. The Kier molecular flexibility index (Phi) is 4.60. The van der Waals surface area contributed by atoms with Gasteiger partial charge in [-0.05, 0) is 32.4 Å². The summed E-state index contributed by atoms with van der Waals surface area (Å²) in [5, 5.41) is 13.9. The van der Waals surface area contributed by atoms with Crippen LogP contribution in [0.3, 0.4) is 0 Å². The zero-order valence-corrected chi connectivity index (χ0v) is 15.6. The Balaban J connectivity index is 2.00. The minimum Gasteiger partial charge on any atom is -0.444 e. The van der Waals surface area contributed by atoms with Crippen molar-refractivity contribution < 1.29 is 28.8 Å². The standard InChI is InChI=1S/C19H25NO6/c1-17(2,3)26-16(21)20-13-11-18(22,12-9-7-6-8-10-12)14-15(25-14)19(13,23-4)24-5/h6-11,14-15,22H,1-5H3,(H,20,21)/t14-,15+,18-/m0/s1. The van der Waals surface area contributed by atoms with E-state index in [4.69, 9.17) is 18.9 Å². The maximum absolute atomic E-state index is 12.3. The highest BCUT2D eigenvalue weighted by Gasteiger charge is 2.69. The van der Waals surface area contributed by atoms with Gasteiger partial charge in [-0.25, -0.2) is 4.79 Å². The molecular weight excluding hydrogens is 338 g/mol. The van der Waals surface area contributed by atoms with E-state index in [9.17, 15) is 9.90 Å². The summed E-state index contributed by atoms with van der Waals surface area (Å²) in [5.41, 5.74) is -1.20. The van der Waals surface area contributed by atoms with E-state index in [0.29, 0.717) is 5.56 Å². The van der Waals surface area contributed by atoms with Crippen molar-refractivity contribution in [3.63, 3.8) is 0 Å². The van der Waals surface area contributed by atoms with Gasteiger partial charge in [-0.3, -0.25) is 5.32 Å². The normalized spacial score (nSPS) is 29.4. The van der Waals surface area contributed by atoms with Crippen molar-refractivity contribution in [2.75, 3.05) is 14.2 Å². The fourth-order valence-electron chi connectivity index (χ4n) is 3.32. The molecule has 0 radical (unpaired) electrons. The molecule has 7 nitrogen and oxygen atoms in total. The zero-order chi connectivity index (χ0) is 19.2. The van der Waals surface area contributed by atoms with E-state index < -0.39 is 35.3 Å². The predicted molar refractivity (Wildman–Crippen MR) is 93.2 cm³/mol. The molecule has 142 valence electrons. The highest BCUT2D eigenvalue weighted by Crippen LogP contribution is 2.53. The SMILES string of the molecule is COC1(OC)C(NC(=O)OC(C)(C)C)=C[C@](O)(c2ccccc2)[C@H]2O[C@H]21. The van der Waals surface area contributed by atoms with Gasteiger partial charge in [0.1, 0.15) is 23.4 Å². The van der Waals surface area contributed by atoms with Crippen LogP contribution >= 0.6 is 0 Å². The molecule has 0 aromatic heterocycles. The molecule has 0 saturated carbocycles. The van der Waals surface area contributed by atoms with E-state index in [2.05, 4.69) is 5.32 Å². The summed E-state index contributed by atoms with van der Waals surface area (Å²) in [6.45, 7) is 5.30. The summed E-state index contributed by atoms with van der Waals surface area (Å²) >= 11 is 0. The summed E-state index contributed by atoms with van der Waals surface area (Å²) in [6.07, 6.45) is -0.281. The molecule has 1 saturated heterocycles. The second-order valence-electron chi connectivity index (χ2n) is 7.43. The quantitative estimate of drug-likeness (QED) is 0.629. The lowest BCUT2D eigenvalue weighted by Crippen LogP contribution is -2.55. The van der Waals surface area contributed by atoms with E-state index in [1.54, 1.807) is 32.9 Å². The second-order valence-corrected chi connectivity index (χ2v) is 7.43. The first kappa shape index (κ1) is 18.8. The monoisotopic (exact) mass is 363 g/mol. The van der Waals surface area contributed by atoms with Gasteiger partial charge in [-0.2, -0.15) is 0 Å². The Morgan fingerprint density at radius 1 is 1.15 bits per heavy atom. The minimum absolute atomic E-state index is 0.238. The number of benzene rings is 1. The topological polar surface area (TPSA) is 89.6 Å². The Morgan fingerprint density at radius 2 is 1.77 bits per heavy atom. The van der Waals surface area contributed by atoms with E-state index in [1.807, 2.05) is 18.2 Å². The minimum atomic E-state index is -1.42. The Hall–Kier alpha value is -1.93. The van der Waals surface area contributed by atoms with Gasteiger partial charge in [0, 0.05) is 14.2 Å². The van der Waals surface area contributed by atoms with Gasteiger partial charge in [0.05, 0.1) is 5.70 Å². The van der Waals surface area contributed by atoms with Crippen molar-refractivity contribution in [2.24, 2.45) is 0 Å². The smallest absolute Gasteiger partial charge is 0.412 e. The molecule has 2 N–H and O–H groups in total. The Morgan fingerprint density at radius 3 is 2.31 bits per heavy atom. The number of aliphatic hydroxyl groups is 1. The molecule has 1 amide bonds. The van der Waals surface area contributed by atoms with E-state index >= 15 is 0 Å². The maximum Gasteiger partial charge on any atom is 0.412 e. The van der Waals surface area contributed by atoms with Crippen LogP contribution in [0.5, 0.6) is 0 Å². The molecule has 0 spiro atoms. The third kappa shape index (κ3) is 3.12. The predicted octanol–water partition coefficient (Wildman–Crippen LogP) is 2.05. The molecule has 1 aromatic rings. The number of alkyl carbamates (subject to hydrolysis) is 1. The Labute approximate surface area is 152 Å². The van der Waals surface area contributed by atoms with Gasteiger partial charge >= 0.3 is 6.09 Å². The number of nitrogens with one attached hydrogen (secondary N) is 1. The second kappa shape index (κ2) is 6.35. The van der Waals surface area contributed by atoms with Crippen molar-refractivity contribution in [3.05, 3.63) is 47.7 Å². The number of hydrogen-bond donors (Lipinski definition) is 2. The molecular formula is C19H25NO6. The molecule has 2 aliphatic rings. The van der Waals surface area contributed by atoms with Gasteiger partial charge in [-0.1, -0.05) is 30.3 Å². The number of fused-ring (bicyclic) bond motifs is 1. The highest BCUT2D eigenvalue weighted by molar-refractivity contribution is 5.71. The summed E-state index contributed by atoms with van der Waals surface area (Å²) in [4.78, 5) is 12.3. The fraction of sp³-hybridized carbons (Fsp3) is 0.526. The number of carbonyl (C=O) groups is 1. The molecule has 26 heavy (non-hydrogen) atoms. The van der Waals surface area contributed by atoms with Crippen LogP contribution in [-0.2, 0) is 24.5 Å². The molecule has 1 aliphatic carbocycles. The fourth-order valence-corrected chi connectivity index (χ4v) is 3.32. The van der Waals surface area contributed by atoms with E-state index in [1.165, 1.54) is 20.3 Å². The third-order valence-electron chi connectivity index (χ3n) is 4.52. The summed E-state index contributed by atoms with van der Waals surface area (Å²) < 4.78 is 22.2. The van der Waals surface area contributed by atoms with Crippen LogP contribution in [0.1, 0.15) is 26.3 Å². The lowest BCUT2D eigenvalue weighted by molar-refractivity contribution is -0.197. The zero-order valence-electron chi connectivity index (χ0n) is 15.6. The van der Waals surface area contributed by atoms with Crippen molar-refractivity contribution >= 4 is 6.09 Å². The van der Waals surface area contributed by atoms with Gasteiger partial charge in [0.2, 0.25) is 5.79 Å². The van der Waals surface area contributed by atoms with Gasteiger partial charge < -0.3 is 24.1 Å². The highest BCUT2D eigenvalue weighted by atomic mass is 16.7. The van der Waals surface area contributed by atoms with Gasteiger partial charge in [-0.15, -0.1) is 0 Å². The van der Waals surface area contributed by atoms with Crippen molar-refractivity contribution in [3.8, 4) is 0 Å². The number of amides is 1. The molecule has 3 atom stereocenters. The Bertz CT molecular complexity index is 706. The van der Waals surface area contributed by atoms with E-state index in [0.717, 1.165) is 0 Å². The summed E-state index contributed by atoms with van der Waals surface area (Å²) in [6, 6.07) is 9.11. The van der Waals surface area contributed by atoms with Crippen LogP contribution in [-0.4, -0.2) is 49.0 Å². The molecule has 1 aromatic carbocycles. The van der Waals surface area contributed by atoms with Crippen molar-refractivity contribution in [1.82, 2.24) is 5.32 Å². The van der Waals surface area contributed by atoms with Crippen LogP contribution in [0.15, 0.2) is 42.1 Å². The van der Waals surface area contributed by atoms with Crippen LogP contribution in [0, 0.1) is 0 Å². The van der Waals surface area contributed by atoms with Crippen LogP contribution in [0.25, 0.3) is 0 Å². The average Bonchev–Trinajstić information content (AvgIpc) is 3.37. The van der Waals surface area contributed by atoms with Crippen LogP contribution < -0.4 is 5.32 Å². The number of hydrogen-bond acceptors (Lipinski definition) is 6. The molecule has 0 bridgehead atoms. The summed E-state index contributed by atoms with van der Waals surface area (Å²) in [5.74, 6) is -1.33. The average molecular weight is 363 g/mol. The van der Waals surface area contributed by atoms with E-state index in [-0.39, 0.29) is 5.70 Å². The van der Waals surface area contributed by atoms with Crippen LogP contribution in [0.2, 0.25) is 0 Å². The summed E-state index contributed by atoms with van der Waals surface area (Å²) in [7, 11) is 2.92. The first-order chi connectivity index (χ1) is 12.2. The van der Waals surface area contributed by atoms with Gasteiger partial charge in [0.25, 0.3) is 0 Å². The number of epoxide rings is 1. The lowest BCUT2D eigenvalue weighted by atomic mass is 9.80. The molecule has 0 unspecified atom stereocenters.